The maximum absolute atomic E-state index is 3.25. The second-order valence-corrected chi connectivity index (χ2v) is 2.60. The molecule has 0 spiro atoms. The maximum Gasteiger partial charge on any atom is 0 e. The Balaban J connectivity index is 0. The van der Waals surface area contributed by atoms with Crippen LogP contribution in [0.3, 0.4) is 0 Å². The maximum atomic E-state index is 3.25. The van der Waals surface area contributed by atoms with E-state index in [9.17, 15) is 0 Å². The van der Waals surface area contributed by atoms with E-state index in [1.165, 1.54) is 12.0 Å². The largest absolute Gasteiger partial charge is 0.346 e. The van der Waals surface area contributed by atoms with Crippen LogP contribution in [0.15, 0.2) is 30.3 Å². The van der Waals surface area contributed by atoms with E-state index in [2.05, 4.69) is 40.4 Å². The van der Waals surface area contributed by atoms with Crippen molar-refractivity contribution in [2.75, 3.05) is 6.16 Å². The van der Waals surface area contributed by atoms with Gasteiger partial charge in [0.1, 0.15) is 0 Å². The van der Waals surface area contributed by atoms with Crippen molar-refractivity contribution in [3.63, 3.8) is 0 Å². The Hall–Kier alpha value is 1.00. The van der Waals surface area contributed by atoms with Crippen molar-refractivity contribution in [3.8, 4) is 0 Å². The van der Waals surface area contributed by atoms with Gasteiger partial charge in [0.2, 0.25) is 0 Å². The van der Waals surface area contributed by atoms with E-state index in [4.69, 9.17) is 0 Å². The molecule has 0 saturated carbocycles. The van der Waals surface area contributed by atoms with Crippen LogP contribution in [-0.4, -0.2) is 6.16 Å². The number of aryl methyl sites for hydroxylation is 1. The fourth-order valence-corrected chi connectivity index (χ4v) is 1.14. The first-order valence-corrected chi connectivity index (χ1v) is 4.70. The van der Waals surface area contributed by atoms with E-state index in [1.807, 2.05) is 6.07 Å². The molecule has 1 unspecified atom stereocenters. The first kappa shape index (κ1) is 15.5. The molecular weight excluding hydrogens is 295 g/mol. The summed E-state index contributed by atoms with van der Waals surface area (Å²) in [5.74, 6) is 0. The first-order chi connectivity index (χ1) is 5.43. The molecule has 1 rings (SSSR count). The minimum Gasteiger partial charge on any atom is -0.346 e. The van der Waals surface area contributed by atoms with Gasteiger partial charge in [0.25, 0.3) is 0 Å². The molecule has 0 aromatic heterocycles. The third kappa shape index (κ3) is 7.64. The molecule has 0 aliphatic heterocycles. The van der Waals surface area contributed by atoms with Gasteiger partial charge in [0.05, 0.1) is 0 Å². The van der Waals surface area contributed by atoms with E-state index in [1.54, 1.807) is 6.92 Å². The Bertz CT molecular complexity index is 163. The summed E-state index contributed by atoms with van der Waals surface area (Å²) >= 11 is 0. The fourth-order valence-electron chi connectivity index (χ4n) is 0.811. The Morgan fingerprint density at radius 2 is 1.67 bits per heavy atom. The third-order valence-corrected chi connectivity index (χ3v) is 1.56. The fraction of sp³-hybridized carbons (Fsp3) is 0.300. The van der Waals surface area contributed by atoms with Gasteiger partial charge in [-0.3, -0.25) is 0 Å². The summed E-state index contributed by atoms with van der Waals surface area (Å²) in [7, 11) is 2.73. The number of hydrogen-bond acceptors (Lipinski definition) is 0. The quantitative estimate of drug-likeness (QED) is 0.582. The van der Waals surface area contributed by atoms with Crippen molar-refractivity contribution < 1.29 is 40.8 Å². The van der Waals surface area contributed by atoms with Crippen LogP contribution in [0.5, 0.6) is 0 Å². The predicted octanol–water partition coefficient (Wildman–Crippen LogP) is 2.94. The van der Waals surface area contributed by atoms with Gasteiger partial charge < -0.3 is 6.92 Å². The smallest absolute Gasteiger partial charge is 0 e. The van der Waals surface area contributed by atoms with Gasteiger partial charge >= 0.3 is 0 Å². The number of rotatable bonds is 2. The Labute approximate surface area is 111 Å². The SMILES string of the molecule is PCCc1ccccc1.[CH2-]C.[Nd]. The van der Waals surface area contributed by atoms with Gasteiger partial charge in [-0.05, 0) is 18.1 Å². The standard InChI is InChI=1S/C8H11P.C2H5.Nd/c9-7-6-8-4-2-1-3-5-8;1-2;/h1-5H,6-7,9H2;1H2,2H3;/q;-1;. The summed E-state index contributed by atoms with van der Waals surface area (Å²) in [5, 5.41) is 0. The van der Waals surface area contributed by atoms with Crippen molar-refractivity contribution in [2.24, 2.45) is 0 Å². The summed E-state index contributed by atoms with van der Waals surface area (Å²) < 4.78 is 0. The minimum absolute atomic E-state index is 0. The van der Waals surface area contributed by atoms with Crippen LogP contribution in [-0.2, 0) is 6.42 Å². The zero-order chi connectivity index (χ0) is 8.53. The summed E-state index contributed by atoms with van der Waals surface area (Å²) in [6, 6.07) is 10.5. The van der Waals surface area contributed by atoms with Crippen LogP contribution in [0.2, 0.25) is 0 Å². The Kier molecular flexibility index (Phi) is 15.5. The van der Waals surface area contributed by atoms with Crippen molar-refractivity contribution in [3.05, 3.63) is 42.8 Å². The van der Waals surface area contributed by atoms with Crippen LogP contribution in [0, 0.1) is 47.8 Å². The second kappa shape index (κ2) is 12.0. The van der Waals surface area contributed by atoms with Crippen molar-refractivity contribution in [1.29, 1.82) is 0 Å². The molecule has 1 aromatic rings. The zero-order valence-electron chi connectivity index (χ0n) is 7.59. The summed E-state index contributed by atoms with van der Waals surface area (Å²) in [6.07, 6.45) is 2.33. The third-order valence-electron chi connectivity index (χ3n) is 1.28. The number of benzene rings is 1. The molecule has 0 saturated heterocycles. The minimum atomic E-state index is 0. The van der Waals surface area contributed by atoms with Crippen LogP contribution in [0.4, 0.5) is 0 Å². The molecule has 1 aromatic carbocycles. The van der Waals surface area contributed by atoms with Gasteiger partial charge in [-0.25, -0.2) is 0 Å². The average Bonchev–Trinajstić information content (AvgIpc) is 2.11. The normalized spacial score (nSPS) is 7.58. The monoisotopic (exact) mass is 309 g/mol. The van der Waals surface area contributed by atoms with Gasteiger partial charge in [-0.2, -0.15) is 6.92 Å². The van der Waals surface area contributed by atoms with Crippen molar-refractivity contribution >= 4 is 9.24 Å². The molecular formula is C10H16NdP-. The van der Waals surface area contributed by atoms with Gasteiger partial charge in [-0.15, -0.1) is 9.24 Å². The molecule has 66 valence electrons. The van der Waals surface area contributed by atoms with E-state index in [0.717, 1.165) is 6.16 Å². The van der Waals surface area contributed by atoms with Gasteiger partial charge in [-0.1, -0.05) is 30.3 Å². The van der Waals surface area contributed by atoms with Gasteiger partial charge in [0.15, 0.2) is 0 Å². The average molecular weight is 311 g/mol. The summed E-state index contributed by atoms with van der Waals surface area (Å²) in [4.78, 5) is 0. The second-order valence-electron chi connectivity index (χ2n) is 2.02. The van der Waals surface area contributed by atoms with Gasteiger partial charge in [0, 0.05) is 40.8 Å². The molecule has 0 amide bonds. The van der Waals surface area contributed by atoms with E-state index in [-0.39, 0.29) is 40.8 Å². The molecule has 0 aliphatic carbocycles. The van der Waals surface area contributed by atoms with Crippen LogP contribution in [0.1, 0.15) is 12.5 Å². The molecule has 0 radical (unpaired) electrons. The Morgan fingerprint density at radius 3 is 2.08 bits per heavy atom. The number of hydrogen-bond donors (Lipinski definition) is 0. The zero-order valence-corrected chi connectivity index (χ0v) is 11.9. The van der Waals surface area contributed by atoms with Crippen LogP contribution in [0.25, 0.3) is 0 Å². The van der Waals surface area contributed by atoms with E-state index < -0.39 is 0 Å². The molecule has 1 atom stereocenters. The molecule has 0 heterocycles. The van der Waals surface area contributed by atoms with Crippen molar-refractivity contribution in [2.45, 2.75) is 13.3 Å². The van der Waals surface area contributed by atoms with Crippen LogP contribution < -0.4 is 0 Å². The molecule has 0 bridgehead atoms. The molecule has 2 heteroatoms. The summed E-state index contributed by atoms with van der Waals surface area (Å²) in [5.41, 5.74) is 1.42. The molecule has 0 N–H and O–H groups in total. The topological polar surface area (TPSA) is 0 Å². The van der Waals surface area contributed by atoms with E-state index in [0.29, 0.717) is 0 Å². The molecule has 0 nitrogen and oxygen atoms in total. The first-order valence-electron chi connectivity index (χ1n) is 3.88. The molecule has 0 aliphatic rings. The van der Waals surface area contributed by atoms with Crippen molar-refractivity contribution in [1.82, 2.24) is 0 Å². The van der Waals surface area contributed by atoms with E-state index >= 15 is 0 Å². The summed E-state index contributed by atoms with van der Waals surface area (Å²) in [6.45, 7) is 5.00. The molecule has 12 heavy (non-hydrogen) atoms. The predicted molar refractivity (Wildman–Crippen MR) is 55.8 cm³/mol. The Morgan fingerprint density at radius 1 is 1.17 bits per heavy atom. The van der Waals surface area contributed by atoms with Crippen LogP contribution >= 0.6 is 9.24 Å². The molecule has 0 fully saturated rings.